The van der Waals surface area contributed by atoms with Crippen LogP contribution < -0.4 is 5.32 Å². The first-order valence-corrected chi connectivity index (χ1v) is 4.59. The van der Waals surface area contributed by atoms with Gasteiger partial charge in [-0.1, -0.05) is 0 Å². The van der Waals surface area contributed by atoms with E-state index < -0.39 is 12.6 Å². The summed E-state index contributed by atoms with van der Waals surface area (Å²) in [6.45, 7) is 0.840. The molecule has 0 aliphatic heterocycles. The molecule has 1 rings (SSSR count). The Balaban J connectivity index is 2.08. The third-order valence-corrected chi connectivity index (χ3v) is 1.76. The van der Waals surface area contributed by atoms with Crippen LogP contribution in [-0.2, 0) is 6.54 Å². The molecule has 0 spiro atoms. The molecule has 0 unspecified atom stereocenters. The predicted octanol–water partition coefficient (Wildman–Crippen LogP) is 1.91. The minimum atomic E-state index is -4.06. The van der Waals surface area contributed by atoms with Crippen LogP contribution in [0.5, 0.6) is 0 Å². The van der Waals surface area contributed by atoms with Gasteiger partial charge in [-0.15, -0.1) is 0 Å². The van der Waals surface area contributed by atoms with Crippen molar-refractivity contribution in [3.63, 3.8) is 0 Å². The second-order valence-corrected chi connectivity index (χ2v) is 3.14. The lowest BCUT2D eigenvalue weighted by Gasteiger charge is -2.06. The summed E-state index contributed by atoms with van der Waals surface area (Å²) >= 11 is 0. The van der Waals surface area contributed by atoms with E-state index in [-0.39, 0.29) is 6.42 Å². The highest BCUT2D eigenvalue weighted by atomic mass is 19.4. The fourth-order valence-electron chi connectivity index (χ4n) is 1.07. The van der Waals surface area contributed by atoms with Crippen LogP contribution >= 0.6 is 0 Å². The molecule has 0 saturated carbocycles. The molecule has 0 aliphatic carbocycles. The van der Waals surface area contributed by atoms with Crippen molar-refractivity contribution in [1.29, 1.82) is 0 Å². The average Bonchev–Trinajstić information content (AvgIpc) is 2.17. The Kier molecular flexibility index (Phi) is 4.48. The van der Waals surface area contributed by atoms with Crippen molar-refractivity contribution in [2.24, 2.45) is 0 Å². The normalized spacial score (nSPS) is 11.7. The molecule has 1 aromatic heterocycles. The summed E-state index contributed by atoms with van der Waals surface area (Å²) in [6, 6.07) is 0. The minimum absolute atomic E-state index is 0.0944. The van der Waals surface area contributed by atoms with Crippen LogP contribution in [0.15, 0.2) is 18.7 Å². The zero-order chi connectivity index (χ0) is 11.1. The lowest BCUT2D eigenvalue weighted by molar-refractivity contribution is -0.135. The van der Waals surface area contributed by atoms with E-state index in [1.165, 1.54) is 6.33 Å². The molecule has 0 amide bonds. The number of halogens is 3. The number of hydrogen-bond acceptors (Lipinski definition) is 3. The molecular weight excluding hydrogens is 207 g/mol. The van der Waals surface area contributed by atoms with Gasteiger partial charge in [-0.25, -0.2) is 9.97 Å². The monoisotopic (exact) mass is 219 g/mol. The number of nitrogens with zero attached hydrogens (tertiary/aromatic N) is 2. The van der Waals surface area contributed by atoms with Crippen molar-refractivity contribution in [3.8, 4) is 0 Å². The van der Waals surface area contributed by atoms with Crippen LogP contribution in [-0.4, -0.2) is 22.7 Å². The van der Waals surface area contributed by atoms with E-state index in [1.54, 1.807) is 12.4 Å². The summed E-state index contributed by atoms with van der Waals surface area (Å²) in [5.74, 6) is 0. The van der Waals surface area contributed by atoms with Crippen molar-refractivity contribution in [2.45, 2.75) is 25.6 Å². The number of aromatic nitrogens is 2. The Labute approximate surface area is 85.7 Å². The Morgan fingerprint density at radius 3 is 2.47 bits per heavy atom. The van der Waals surface area contributed by atoms with E-state index >= 15 is 0 Å². The minimum Gasteiger partial charge on any atom is -0.313 e. The number of nitrogens with one attached hydrogen (secondary N) is 1. The maximum Gasteiger partial charge on any atom is 0.389 e. The van der Waals surface area contributed by atoms with E-state index in [0.29, 0.717) is 13.1 Å². The largest absolute Gasteiger partial charge is 0.389 e. The van der Waals surface area contributed by atoms with Gasteiger partial charge in [0.25, 0.3) is 0 Å². The summed E-state index contributed by atoms with van der Waals surface area (Å²) in [7, 11) is 0. The van der Waals surface area contributed by atoms with Crippen molar-refractivity contribution in [3.05, 3.63) is 24.3 Å². The molecule has 0 aliphatic rings. The van der Waals surface area contributed by atoms with Crippen LogP contribution in [0.1, 0.15) is 18.4 Å². The second kappa shape index (κ2) is 5.65. The van der Waals surface area contributed by atoms with Gasteiger partial charge in [-0.05, 0) is 13.0 Å². The van der Waals surface area contributed by atoms with E-state index in [0.717, 1.165) is 5.56 Å². The molecule has 6 heteroatoms. The summed E-state index contributed by atoms with van der Waals surface area (Å²) in [4.78, 5) is 7.58. The topological polar surface area (TPSA) is 37.8 Å². The van der Waals surface area contributed by atoms with Crippen LogP contribution in [0.3, 0.4) is 0 Å². The summed E-state index contributed by atoms with van der Waals surface area (Å²) in [5, 5.41) is 2.89. The molecule has 0 radical (unpaired) electrons. The highest BCUT2D eigenvalue weighted by molar-refractivity contribution is 5.01. The van der Waals surface area contributed by atoms with Gasteiger partial charge in [0.1, 0.15) is 6.33 Å². The number of rotatable bonds is 5. The molecule has 84 valence electrons. The molecule has 0 saturated heterocycles. The molecule has 1 aromatic rings. The highest BCUT2D eigenvalue weighted by Gasteiger charge is 2.25. The van der Waals surface area contributed by atoms with Crippen LogP contribution in [0.25, 0.3) is 0 Å². The van der Waals surface area contributed by atoms with Crippen LogP contribution in [0, 0.1) is 0 Å². The first-order chi connectivity index (χ1) is 7.08. The maximum absolute atomic E-state index is 11.8. The lowest BCUT2D eigenvalue weighted by Crippen LogP contribution is -2.17. The van der Waals surface area contributed by atoms with E-state index in [9.17, 15) is 13.2 Å². The second-order valence-electron chi connectivity index (χ2n) is 3.14. The Morgan fingerprint density at radius 1 is 1.20 bits per heavy atom. The quantitative estimate of drug-likeness (QED) is 0.769. The zero-order valence-electron chi connectivity index (χ0n) is 8.09. The van der Waals surface area contributed by atoms with Crippen molar-refractivity contribution < 1.29 is 13.2 Å². The summed E-state index contributed by atoms with van der Waals surface area (Å²) < 4.78 is 35.3. The van der Waals surface area contributed by atoms with Crippen molar-refractivity contribution in [1.82, 2.24) is 15.3 Å². The predicted molar refractivity (Wildman–Crippen MR) is 49.0 cm³/mol. The molecular formula is C9H12F3N3. The first-order valence-electron chi connectivity index (χ1n) is 4.59. The standard InChI is InChI=1S/C9H12F3N3/c10-9(11,12)2-1-3-13-4-8-5-14-7-15-6-8/h5-7,13H,1-4H2. The molecule has 1 heterocycles. The molecule has 0 aromatic carbocycles. The molecule has 15 heavy (non-hydrogen) atoms. The van der Waals surface area contributed by atoms with Gasteiger partial charge in [0.2, 0.25) is 0 Å². The molecule has 1 N–H and O–H groups in total. The van der Waals surface area contributed by atoms with Crippen molar-refractivity contribution in [2.75, 3.05) is 6.54 Å². The van der Waals surface area contributed by atoms with Crippen LogP contribution in [0.2, 0.25) is 0 Å². The highest BCUT2D eigenvalue weighted by Crippen LogP contribution is 2.20. The van der Waals surface area contributed by atoms with Crippen LogP contribution in [0.4, 0.5) is 13.2 Å². The van der Waals surface area contributed by atoms with E-state index in [2.05, 4.69) is 15.3 Å². The Bertz CT molecular complexity index is 274. The third-order valence-electron chi connectivity index (χ3n) is 1.76. The van der Waals surface area contributed by atoms with Gasteiger partial charge in [-0.2, -0.15) is 13.2 Å². The van der Waals surface area contributed by atoms with Crippen molar-refractivity contribution >= 4 is 0 Å². The zero-order valence-corrected chi connectivity index (χ0v) is 8.09. The van der Waals surface area contributed by atoms with Gasteiger partial charge in [0.05, 0.1) is 0 Å². The maximum atomic E-state index is 11.8. The molecule has 0 fully saturated rings. The van der Waals surface area contributed by atoms with E-state index in [4.69, 9.17) is 0 Å². The number of alkyl halides is 3. The molecule has 0 bridgehead atoms. The summed E-state index contributed by atoms with van der Waals surface area (Å²) in [6.07, 6.45) is -0.0410. The Morgan fingerprint density at radius 2 is 1.87 bits per heavy atom. The third kappa shape index (κ3) is 6.01. The SMILES string of the molecule is FC(F)(F)CCCNCc1cncnc1. The van der Waals surface area contributed by atoms with Gasteiger partial charge in [0.15, 0.2) is 0 Å². The van der Waals surface area contributed by atoms with E-state index in [1.807, 2.05) is 0 Å². The van der Waals surface area contributed by atoms with Gasteiger partial charge in [0, 0.05) is 30.9 Å². The van der Waals surface area contributed by atoms with Gasteiger partial charge in [-0.3, -0.25) is 0 Å². The average molecular weight is 219 g/mol. The summed E-state index contributed by atoms with van der Waals surface area (Å²) in [5.41, 5.74) is 0.865. The first kappa shape index (κ1) is 11.9. The molecule has 3 nitrogen and oxygen atoms in total. The molecule has 0 atom stereocenters. The number of hydrogen-bond donors (Lipinski definition) is 1. The smallest absolute Gasteiger partial charge is 0.313 e. The lowest BCUT2D eigenvalue weighted by atomic mass is 10.3. The Hall–Kier alpha value is -1.17. The fraction of sp³-hybridized carbons (Fsp3) is 0.556. The van der Waals surface area contributed by atoms with Gasteiger partial charge < -0.3 is 5.32 Å². The fourth-order valence-corrected chi connectivity index (χ4v) is 1.07. The van der Waals surface area contributed by atoms with Gasteiger partial charge >= 0.3 is 6.18 Å².